The third kappa shape index (κ3) is 4.56. The molecule has 28 heavy (non-hydrogen) atoms. The van der Waals surface area contributed by atoms with E-state index in [1.54, 1.807) is 38.5 Å². The van der Waals surface area contributed by atoms with Gasteiger partial charge in [-0.1, -0.05) is 6.07 Å². The van der Waals surface area contributed by atoms with E-state index in [4.69, 9.17) is 9.47 Å². The summed E-state index contributed by atoms with van der Waals surface area (Å²) in [5.74, 6) is 1.44. The van der Waals surface area contributed by atoms with Crippen molar-refractivity contribution < 1.29 is 14.3 Å². The molecule has 0 saturated heterocycles. The summed E-state index contributed by atoms with van der Waals surface area (Å²) in [4.78, 5) is 12.4. The molecule has 0 spiro atoms. The number of nitrogens with zero attached hydrogens (tertiary/aromatic N) is 2. The van der Waals surface area contributed by atoms with Gasteiger partial charge in [-0.25, -0.2) is 0 Å². The highest BCUT2D eigenvalue weighted by molar-refractivity contribution is 6.02. The molecule has 1 heterocycles. The lowest BCUT2D eigenvalue weighted by Gasteiger charge is -2.11. The quantitative estimate of drug-likeness (QED) is 0.671. The zero-order chi connectivity index (χ0) is 20.1. The van der Waals surface area contributed by atoms with Crippen molar-refractivity contribution in [1.29, 1.82) is 0 Å². The average molecular weight is 378 g/mol. The Labute approximate surface area is 163 Å². The molecule has 7 nitrogen and oxygen atoms in total. The van der Waals surface area contributed by atoms with E-state index in [-0.39, 0.29) is 11.6 Å². The minimum absolute atomic E-state index is 0.233. The summed E-state index contributed by atoms with van der Waals surface area (Å²) in [6.07, 6.45) is 0. The average Bonchev–Trinajstić information content (AvgIpc) is 2.67. The molecule has 0 aliphatic heterocycles. The van der Waals surface area contributed by atoms with Crippen molar-refractivity contribution in [2.75, 3.05) is 24.9 Å². The third-order valence-corrected chi connectivity index (χ3v) is 4.03. The van der Waals surface area contributed by atoms with Gasteiger partial charge < -0.3 is 20.1 Å². The van der Waals surface area contributed by atoms with Gasteiger partial charge in [-0.3, -0.25) is 4.79 Å². The van der Waals surface area contributed by atoms with Crippen LogP contribution in [0.4, 0.5) is 17.2 Å². The molecule has 2 N–H and O–H groups in total. The van der Waals surface area contributed by atoms with Crippen molar-refractivity contribution in [2.24, 2.45) is 0 Å². The minimum atomic E-state index is -0.310. The maximum atomic E-state index is 12.4. The Hall–Kier alpha value is -3.61. The normalized spacial score (nSPS) is 10.3. The van der Waals surface area contributed by atoms with Crippen LogP contribution in [0.1, 0.15) is 21.6 Å². The predicted molar refractivity (Wildman–Crippen MR) is 109 cm³/mol. The van der Waals surface area contributed by atoms with Gasteiger partial charge in [0.1, 0.15) is 0 Å². The number of benzene rings is 2. The first-order valence-corrected chi connectivity index (χ1v) is 8.71. The molecule has 2 aromatic carbocycles. The van der Waals surface area contributed by atoms with Crippen molar-refractivity contribution in [3.63, 3.8) is 0 Å². The van der Waals surface area contributed by atoms with Gasteiger partial charge in [0, 0.05) is 17.4 Å². The van der Waals surface area contributed by atoms with Crippen LogP contribution in [-0.4, -0.2) is 30.3 Å². The molecule has 3 rings (SSSR count). The Balaban J connectivity index is 1.70. The number of hydrogen-bond donors (Lipinski definition) is 2. The van der Waals surface area contributed by atoms with Gasteiger partial charge in [-0.2, -0.15) is 0 Å². The van der Waals surface area contributed by atoms with E-state index in [2.05, 4.69) is 20.8 Å². The fourth-order valence-corrected chi connectivity index (χ4v) is 2.82. The molecule has 0 atom stereocenters. The second kappa shape index (κ2) is 8.39. The van der Waals surface area contributed by atoms with Gasteiger partial charge in [-0.15, -0.1) is 10.2 Å². The number of ether oxygens (including phenoxy) is 2. The predicted octanol–water partition coefficient (Wildman–Crippen LogP) is 4.11. The standard InChI is InChI=1S/C21H22N4O3/c1-13-9-14(2)11-16(10-13)23-21(26)17-6-8-20(25-24-17)22-15-5-7-18(27-3)19(12-15)28-4/h5-12H,1-4H3,(H,22,25)(H,23,26). The van der Waals surface area contributed by atoms with Crippen LogP contribution in [0.2, 0.25) is 0 Å². The van der Waals surface area contributed by atoms with Crippen molar-refractivity contribution in [3.8, 4) is 11.5 Å². The highest BCUT2D eigenvalue weighted by Crippen LogP contribution is 2.30. The SMILES string of the molecule is COc1ccc(Nc2ccc(C(=O)Nc3cc(C)cc(C)c3)nn2)cc1OC. The number of methoxy groups -OCH3 is 2. The van der Waals surface area contributed by atoms with Crippen molar-refractivity contribution in [1.82, 2.24) is 10.2 Å². The van der Waals surface area contributed by atoms with E-state index in [0.29, 0.717) is 17.3 Å². The molecule has 0 unspecified atom stereocenters. The highest BCUT2D eigenvalue weighted by atomic mass is 16.5. The van der Waals surface area contributed by atoms with Gasteiger partial charge >= 0.3 is 0 Å². The number of hydrogen-bond acceptors (Lipinski definition) is 6. The molecule has 3 aromatic rings. The van der Waals surface area contributed by atoms with E-state index in [9.17, 15) is 4.79 Å². The highest BCUT2D eigenvalue weighted by Gasteiger charge is 2.10. The van der Waals surface area contributed by atoms with Crippen LogP contribution in [0.3, 0.4) is 0 Å². The summed E-state index contributed by atoms with van der Waals surface area (Å²) in [5, 5.41) is 14.1. The van der Waals surface area contributed by atoms with Crippen molar-refractivity contribution in [2.45, 2.75) is 13.8 Å². The second-order valence-corrected chi connectivity index (χ2v) is 6.33. The van der Waals surface area contributed by atoms with Gasteiger partial charge in [0.25, 0.3) is 5.91 Å². The first kappa shape index (κ1) is 19.2. The zero-order valence-corrected chi connectivity index (χ0v) is 16.2. The topological polar surface area (TPSA) is 85.4 Å². The summed E-state index contributed by atoms with van der Waals surface area (Å²) in [7, 11) is 3.16. The summed E-state index contributed by atoms with van der Waals surface area (Å²) in [6.45, 7) is 3.97. The first-order chi connectivity index (χ1) is 13.5. The van der Waals surface area contributed by atoms with Crippen LogP contribution in [0.5, 0.6) is 11.5 Å². The van der Waals surface area contributed by atoms with Crippen molar-refractivity contribution in [3.05, 3.63) is 65.4 Å². The summed E-state index contributed by atoms with van der Waals surface area (Å²) in [5.41, 5.74) is 3.89. The number of aromatic nitrogens is 2. The largest absolute Gasteiger partial charge is 0.493 e. The fourth-order valence-electron chi connectivity index (χ4n) is 2.82. The molecule has 0 bridgehead atoms. The molecule has 0 radical (unpaired) electrons. The van der Waals surface area contributed by atoms with Gasteiger partial charge in [-0.05, 0) is 61.4 Å². The molecule has 7 heteroatoms. The van der Waals surface area contributed by atoms with E-state index >= 15 is 0 Å². The summed E-state index contributed by atoms with van der Waals surface area (Å²) >= 11 is 0. The zero-order valence-electron chi connectivity index (χ0n) is 16.2. The maximum absolute atomic E-state index is 12.4. The van der Waals surface area contributed by atoms with Gasteiger partial charge in [0.05, 0.1) is 14.2 Å². The molecule has 1 amide bonds. The van der Waals surface area contributed by atoms with E-state index in [1.165, 1.54) is 0 Å². The third-order valence-electron chi connectivity index (χ3n) is 4.03. The smallest absolute Gasteiger partial charge is 0.276 e. The molecule has 0 aliphatic carbocycles. The number of anilines is 3. The molecule has 1 aromatic heterocycles. The van der Waals surface area contributed by atoms with Crippen LogP contribution < -0.4 is 20.1 Å². The lowest BCUT2D eigenvalue weighted by atomic mass is 10.1. The number of nitrogens with one attached hydrogen (secondary N) is 2. The second-order valence-electron chi connectivity index (χ2n) is 6.33. The van der Waals surface area contributed by atoms with Gasteiger partial charge in [0.15, 0.2) is 23.0 Å². The summed E-state index contributed by atoms with van der Waals surface area (Å²) < 4.78 is 10.5. The van der Waals surface area contributed by atoms with E-state index in [1.807, 2.05) is 38.1 Å². The molecule has 0 aliphatic rings. The number of carbonyl (C=O) groups is 1. The Morgan fingerprint density at radius 2 is 1.54 bits per heavy atom. The Bertz CT molecular complexity index is 967. The Morgan fingerprint density at radius 3 is 2.14 bits per heavy atom. The lowest BCUT2D eigenvalue weighted by Crippen LogP contribution is -2.14. The molecule has 144 valence electrons. The molecule has 0 saturated carbocycles. The van der Waals surface area contributed by atoms with Gasteiger partial charge in [0.2, 0.25) is 0 Å². The Morgan fingerprint density at radius 1 is 0.821 bits per heavy atom. The Kier molecular flexibility index (Phi) is 5.74. The molecule has 0 fully saturated rings. The molecular weight excluding hydrogens is 356 g/mol. The maximum Gasteiger partial charge on any atom is 0.276 e. The number of amides is 1. The van der Waals surface area contributed by atoms with Crippen LogP contribution in [0.15, 0.2) is 48.5 Å². The summed E-state index contributed by atoms with van der Waals surface area (Å²) in [6, 6.07) is 14.6. The van der Waals surface area contributed by atoms with Crippen LogP contribution in [0, 0.1) is 13.8 Å². The number of rotatable bonds is 6. The lowest BCUT2D eigenvalue weighted by molar-refractivity contribution is 0.102. The fraction of sp³-hybridized carbons (Fsp3) is 0.190. The number of aryl methyl sites for hydroxylation is 2. The first-order valence-electron chi connectivity index (χ1n) is 8.71. The van der Waals surface area contributed by atoms with Crippen molar-refractivity contribution >= 4 is 23.1 Å². The van der Waals surface area contributed by atoms with Crippen LogP contribution in [-0.2, 0) is 0 Å². The van der Waals surface area contributed by atoms with E-state index < -0.39 is 0 Å². The van der Waals surface area contributed by atoms with Crippen LogP contribution >= 0.6 is 0 Å². The molecular formula is C21H22N4O3. The van der Waals surface area contributed by atoms with Crippen LogP contribution in [0.25, 0.3) is 0 Å². The number of carbonyl (C=O) groups excluding carboxylic acids is 1. The minimum Gasteiger partial charge on any atom is -0.493 e. The monoisotopic (exact) mass is 378 g/mol. The van der Waals surface area contributed by atoms with E-state index in [0.717, 1.165) is 22.5 Å².